The van der Waals surface area contributed by atoms with E-state index in [0.29, 0.717) is 30.2 Å². The van der Waals surface area contributed by atoms with Crippen molar-refractivity contribution in [1.82, 2.24) is 10.2 Å². The molecule has 0 bridgehead atoms. The second-order valence-electron chi connectivity index (χ2n) is 7.67. The number of hydrogen-bond donors (Lipinski definition) is 3. The highest BCUT2D eigenvalue weighted by molar-refractivity contribution is 5.81. The number of nitrogens with zero attached hydrogens (tertiary/aromatic N) is 2. The van der Waals surface area contributed by atoms with Gasteiger partial charge in [0.2, 0.25) is 5.91 Å². The molecular weight excluding hydrogens is 390 g/mol. The van der Waals surface area contributed by atoms with Gasteiger partial charge in [-0.05, 0) is 62.6 Å². The summed E-state index contributed by atoms with van der Waals surface area (Å²) in [5.41, 5.74) is 7.47. The highest BCUT2D eigenvalue weighted by Crippen LogP contribution is 2.26. The highest BCUT2D eigenvalue weighted by Gasteiger charge is 2.17. The molecule has 1 fully saturated rings. The quantitative estimate of drug-likeness (QED) is 0.593. The Morgan fingerprint density at radius 1 is 1.29 bits per heavy atom. The molecule has 7 nitrogen and oxygen atoms in total. The van der Waals surface area contributed by atoms with Crippen LogP contribution in [0.3, 0.4) is 0 Å². The summed E-state index contributed by atoms with van der Waals surface area (Å²) in [6.45, 7) is 8.65. The van der Waals surface area contributed by atoms with Crippen molar-refractivity contribution >= 4 is 23.5 Å². The molecule has 0 radical (unpaired) electrons. The van der Waals surface area contributed by atoms with Gasteiger partial charge in [0, 0.05) is 25.7 Å². The molecule has 2 aliphatic rings. The molecule has 31 heavy (non-hydrogen) atoms. The number of allylic oxidation sites excluding steroid dienone is 2. The first-order valence-electron chi connectivity index (χ1n) is 11.2. The van der Waals surface area contributed by atoms with Crippen molar-refractivity contribution in [2.24, 2.45) is 10.9 Å². The second kappa shape index (κ2) is 12.8. The number of carbonyl (C=O) groups is 1. The summed E-state index contributed by atoms with van der Waals surface area (Å²) in [7, 11) is 1.82. The molecule has 0 aliphatic carbocycles. The maximum absolute atomic E-state index is 12.4. The van der Waals surface area contributed by atoms with Crippen molar-refractivity contribution in [1.29, 1.82) is 0 Å². The molecule has 1 saturated heterocycles. The highest BCUT2D eigenvalue weighted by atomic mass is 16.5. The third-order valence-corrected chi connectivity index (χ3v) is 5.26. The summed E-state index contributed by atoms with van der Waals surface area (Å²) < 4.78 is 5.91. The molecular formula is C24H37N5O2. The Balaban J connectivity index is 0.00000166. The predicted octanol–water partition coefficient (Wildman–Crippen LogP) is 4.15. The predicted molar refractivity (Wildman–Crippen MR) is 129 cm³/mol. The third kappa shape index (κ3) is 8.09. The summed E-state index contributed by atoms with van der Waals surface area (Å²) in [4.78, 5) is 19.0. The van der Waals surface area contributed by atoms with Crippen LogP contribution in [0.4, 0.5) is 11.4 Å². The molecule has 1 amide bonds. The normalized spacial score (nSPS) is 19.0. The number of amides is 1. The average Bonchev–Trinajstić information content (AvgIpc) is 3.10. The number of likely N-dealkylation sites (tertiary alicyclic amines) is 1. The zero-order valence-electron chi connectivity index (χ0n) is 19.3. The Hall–Kier alpha value is -2.80. The summed E-state index contributed by atoms with van der Waals surface area (Å²) >= 11 is 0. The Morgan fingerprint density at radius 2 is 2.10 bits per heavy atom. The first-order valence-corrected chi connectivity index (χ1v) is 11.2. The number of aliphatic imine (C=N–C) groups is 1. The van der Waals surface area contributed by atoms with E-state index in [4.69, 9.17) is 10.5 Å². The van der Waals surface area contributed by atoms with Gasteiger partial charge in [0.15, 0.2) is 0 Å². The van der Waals surface area contributed by atoms with E-state index in [-0.39, 0.29) is 5.91 Å². The Bertz CT molecular complexity index is 816. The van der Waals surface area contributed by atoms with Gasteiger partial charge in [-0.15, -0.1) is 0 Å². The van der Waals surface area contributed by atoms with E-state index in [1.165, 1.54) is 6.42 Å². The molecule has 3 rings (SSSR count). The number of anilines is 2. The smallest absolute Gasteiger partial charge is 0.239 e. The van der Waals surface area contributed by atoms with Gasteiger partial charge < -0.3 is 21.1 Å². The van der Waals surface area contributed by atoms with Crippen LogP contribution in [0.5, 0.6) is 5.75 Å². The molecule has 1 aromatic carbocycles. The third-order valence-electron chi connectivity index (χ3n) is 5.26. The summed E-state index contributed by atoms with van der Waals surface area (Å²) in [5, 5.41) is 5.94. The van der Waals surface area contributed by atoms with Crippen LogP contribution in [-0.2, 0) is 4.79 Å². The summed E-state index contributed by atoms with van der Waals surface area (Å²) in [5.74, 6) is 2.67. The fourth-order valence-corrected chi connectivity index (χ4v) is 3.53. The molecule has 2 aliphatic heterocycles. The van der Waals surface area contributed by atoms with Crippen molar-refractivity contribution in [3.8, 4) is 5.75 Å². The van der Waals surface area contributed by atoms with Crippen LogP contribution in [0.2, 0.25) is 0 Å². The van der Waals surface area contributed by atoms with Crippen molar-refractivity contribution in [3.05, 3.63) is 41.9 Å². The van der Waals surface area contributed by atoms with Gasteiger partial charge in [0.05, 0.1) is 17.9 Å². The Morgan fingerprint density at radius 3 is 2.84 bits per heavy atom. The minimum atomic E-state index is -0.0252. The number of nitrogen functional groups attached to an aromatic ring is 1. The molecule has 1 atom stereocenters. The molecule has 0 spiro atoms. The number of ether oxygens (including phenoxy) is 1. The molecule has 7 heteroatoms. The van der Waals surface area contributed by atoms with Crippen LogP contribution in [0, 0.1) is 5.92 Å². The van der Waals surface area contributed by atoms with Crippen LogP contribution in [-0.4, -0.2) is 43.7 Å². The second-order valence-corrected chi connectivity index (χ2v) is 7.67. The van der Waals surface area contributed by atoms with Gasteiger partial charge >= 0.3 is 0 Å². The molecule has 1 unspecified atom stereocenters. The average molecular weight is 428 g/mol. The molecule has 170 valence electrons. The lowest BCUT2D eigenvalue weighted by Gasteiger charge is -2.19. The summed E-state index contributed by atoms with van der Waals surface area (Å²) in [6.07, 6.45) is 9.39. The van der Waals surface area contributed by atoms with Gasteiger partial charge in [-0.3, -0.25) is 9.69 Å². The maximum atomic E-state index is 12.4. The van der Waals surface area contributed by atoms with Gasteiger partial charge in [-0.2, -0.15) is 0 Å². The first-order chi connectivity index (χ1) is 15.0. The van der Waals surface area contributed by atoms with Crippen LogP contribution in [0.1, 0.15) is 46.5 Å². The SMILES string of the molecule is CC.CNc1ccc(OC2=CC=NC(NC(=O)CN3CCCC(C)CC3)=CC2)cc1N. The lowest BCUT2D eigenvalue weighted by molar-refractivity contribution is -0.121. The van der Waals surface area contributed by atoms with E-state index in [0.717, 1.165) is 43.3 Å². The van der Waals surface area contributed by atoms with Gasteiger partial charge in [-0.1, -0.05) is 20.8 Å². The number of carbonyl (C=O) groups excluding carboxylic acids is 1. The fourth-order valence-electron chi connectivity index (χ4n) is 3.53. The van der Waals surface area contributed by atoms with Gasteiger partial charge in [-0.25, -0.2) is 4.99 Å². The van der Waals surface area contributed by atoms with Crippen molar-refractivity contribution in [3.63, 3.8) is 0 Å². The number of nitrogens with one attached hydrogen (secondary N) is 2. The number of benzene rings is 1. The van der Waals surface area contributed by atoms with Crippen molar-refractivity contribution in [2.75, 3.05) is 37.7 Å². The molecule has 0 aromatic heterocycles. The topological polar surface area (TPSA) is 92.0 Å². The van der Waals surface area contributed by atoms with Crippen molar-refractivity contribution < 1.29 is 9.53 Å². The minimum Gasteiger partial charge on any atom is -0.461 e. The van der Waals surface area contributed by atoms with E-state index >= 15 is 0 Å². The molecule has 2 heterocycles. The van der Waals surface area contributed by atoms with Gasteiger partial charge in [0.1, 0.15) is 17.3 Å². The van der Waals surface area contributed by atoms with E-state index in [1.807, 2.05) is 39.1 Å². The van der Waals surface area contributed by atoms with E-state index in [1.54, 1.807) is 18.4 Å². The Labute approximate surface area is 186 Å². The largest absolute Gasteiger partial charge is 0.461 e. The zero-order chi connectivity index (χ0) is 22.6. The number of hydrogen-bond acceptors (Lipinski definition) is 6. The van der Waals surface area contributed by atoms with E-state index < -0.39 is 0 Å². The molecule has 0 saturated carbocycles. The van der Waals surface area contributed by atoms with Crippen LogP contribution in [0.25, 0.3) is 0 Å². The minimum absolute atomic E-state index is 0.0252. The standard InChI is InChI=1S/C22H31N5O2.C2H6/c1-16-4-3-12-27(13-10-16)15-22(28)26-21-8-6-17(9-11-25-21)29-18-5-7-20(24-2)19(23)14-18;1-2/h5,7-9,11,14,16,24H,3-4,6,10,12-13,15,23H2,1-2H3,(H,26,28);1-2H3. The Kier molecular flexibility index (Phi) is 10.1. The molecule has 4 N–H and O–H groups in total. The zero-order valence-corrected chi connectivity index (χ0v) is 19.3. The fraction of sp³-hybridized carbons (Fsp3) is 0.500. The van der Waals surface area contributed by atoms with Gasteiger partial charge in [0.25, 0.3) is 0 Å². The monoisotopic (exact) mass is 427 g/mol. The van der Waals surface area contributed by atoms with Crippen LogP contribution < -0.4 is 21.1 Å². The summed E-state index contributed by atoms with van der Waals surface area (Å²) in [6, 6.07) is 5.52. The maximum Gasteiger partial charge on any atom is 0.239 e. The van der Waals surface area contributed by atoms with E-state index in [2.05, 4.69) is 27.4 Å². The van der Waals surface area contributed by atoms with Crippen LogP contribution in [0.15, 0.2) is 46.9 Å². The first kappa shape index (κ1) is 24.5. The van der Waals surface area contributed by atoms with Crippen molar-refractivity contribution in [2.45, 2.75) is 46.5 Å². The van der Waals surface area contributed by atoms with E-state index in [9.17, 15) is 4.79 Å². The number of nitrogens with two attached hydrogens (primary N) is 1. The lowest BCUT2D eigenvalue weighted by Crippen LogP contribution is -2.37. The lowest BCUT2D eigenvalue weighted by atomic mass is 10.0. The van der Waals surface area contributed by atoms with Crippen LogP contribution >= 0.6 is 0 Å². The number of rotatable bonds is 6. The molecule has 1 aromatic rings.